The molecule has 0 amide bonds. The third-order valence-corrected chi connectivity index (χ3v) is 11.5. The van der Waals surface area contributed by atoms with Crippen LogP contribution >= 0.6 is 0 Å². The van der Waals surface area contributed by atoms with E-state index in [2.05, 4.69) is 75.4 Å². The maximum absolute atomic E-state index is 13.8. The van der Waals surface area contributed by atoms with Crippen molar-refractivity contribution in [2.45, 2.75) is 92.4 Å². The van der Waals surface area contributed by atoms with Crippen LogP contribution in [0.5, 0.6) is 0 Å². The number of fused-ring (bicyclic) bond motifs is 5. The van der Waals surface area contributed by atoms with Crippen molar-refractivity contribution < 1.29 is 4.79 Å². The maximum atomic E-state index is 13.8. The summed E-state index contributed by atoms with van der Waals surface area (Å²) in [5.74, 6) is 4.99. The molecule has 2 aromatic carbocycles. The van der Waals surface area contributed by atoms with E-state index >= 15 is 0 Å². The quantitative estimate of drug-likeness (QED) is 0.396. The lowest BCUT2D eigenvalue weighted by molar-refractivity contribution is -0.114. The minimum absolute atomic E-state index is 0.196. The first-order valence-electron chi connectivity index (χ1n) is 15.1. The van der Waals surface area contributed by atoms with Crippen LogP contribution in [0.3, 0.4) is 0 Å². The van der Waals surface area contributed by atoms with Crippen LogP contribution in [-0.4, -0.2) is 5.78 Å². The Morgan fingerprint density at radius 2 is 1.36 bits per heavy atom. The maximum Gasteiger partial charge on any atom is 0.166 e. The van der Waals surface area contributed by atoms with E-state index < -0.39 is 0 Å². The van der Waals surface area contributed by atoms with E-state index in [9.17, 15) is 4.79 Å². The van der Waals surface area contributed by atoms with Gasteiger partial charge in [-0.15, -0.1) is 0 Å². The van der Waals surface area contributed by atoms with E-state index in [1.54, 1.807) is 0 Å². The monoisotopic (exact) mass is 484 g/mol. The highest BCUT2D eigenvalue weighted by Gasteiger charge is 2.61. The first-order chi connectivity index (χ1) is 17.4. The molecule has 0 N–H and O–H groups in total. The molecule has 4 saturated carbocycles. The molecule has 1 heteroatoms. The van der Waals surface area contributed by atoms with Crippen molar-refractivity contribution in [3.05, 3.63) is 60.2 Å². The molecule has 194 valence electrons. The SMILES string of the molecule is CC.CC1CCC2(C)C(CCC3C2CCC2(C)C(C(=O)c4ccc(-c5ccccc5)cc4)CCC32)C1. The van der Waals surface area contributed by atoms with Crippen molar-refractivity contribution in [2.75, 3.05) is 0 Å². The van der Waals surface area contributed by atoms with Crippen LogP contribution < -0.4 is 0 Å². The van der Waals surface area contributed by atoms with Crippen molar-refractivity contribution in [3.63, 3.8) is 0 Å². The van der Waals surface area contributed by atoms with Gasteiger partial charge in [-0.25, -0.2) is 0 Å². The number of rotatable bonds is 3. The number of hydrogen-bond donors (Lipinski definition) is 0. The molecule has 2 aromatic rings. The Morgan fingerprint density at radius 3 is 2.08 bits per heavy atom. The molecule has 8 atom stereocenters. The highest BCUT2D eigenvalue weighted by molar-refractivity contribution is 5.99. The standard InChI is InChI=1S/C33H42O.C2H6/c1-22-17-19-32(2)26(21-22)13-14-27-28-15-16-30(33(28,3)20-18-29(27)32)31(34)25-11-9-24(10-12-25)23-7-5-4-6-8-23;1-2/h4-12,22,26-30H,13-21H2,1-3H3;1-2H3. The van der Waals surface area contributed by atoms with Gasteiger partial charge in [0.25, 0.3) is 0 Å². The van der Waals surface area contributed by atoms with Crippen molar-refractivity contribution in [3.8, 4) is 11.1 Å². The molecule has 6 rings (SSSR count). The van der Waals surface area contributed by atoms with Crippen LogP contribution in [-0.2, 0) is 0 Å². The molecule has 36 heavy (non-hydrogen) atoms. The summed E-state index contributed by atoms with van der Waals surface area (Å²) in [6.07, 6.45) is 12.2. The van der Waals surface area contributed by atoms with Crippen molar-refractivity contribution >= 4 is 5.78 Å². The molecular weight excluding hydrogens is 436 g/mol. The van der Waals surface area contributed by atoms with Crippen molar-refractivity contribution in [1.29, 1.82) is 0 Å². The molecule has 0 aliphatic heterocycles. The summed E-state index contributed by atoms with van der Waals surface area (Å²) in [5, 5.41) is 0. The fourth-order valence-electron chi connectivity index (χ4n) is 9.56. The van der Waals surface area contributed by atoms with E-state index in [0.717, 1.165) is 41.6 Å². The Labute approximate surface area is 220 Å². The lowest BCUT2D eigenvalue weighted by atomic mass is 9.44. The molecule has 4 fully saturated rings. The van der Waals surface area contributed by atoms with Gasteiger partial charge in [-0.3, -0.25) is 4.79 Å². The van der Waals surface area contributed by atoms with Gasteiger partial charge in [0.15, 0.2) is 5.78 Å². The predicted molar refractivity (Wildman–Crippen MR) is 152 cm³/mol. The molecule has 0 saturated heterocycles. The van der Waals surface area contributed by atoms with Gasteiger partial charge in [-0.2, -0.15) is 0 Å². The van der Waals surface area contributed by atoms with E-state index in [0.29, 0.717) is 11.2 Å². The molecule has 1 nitrogen and oxygen atoms in total. The lowest BCUT2D eigenvalue weighted by Gasteiger charge is -2.61. The van der Waals surface area contributed by atoms with E-state index in [1.165, 1.54) is 62.5 Å². The highest BCUT2D eigenvalue weighted by Crippen LogP contribution is 2.68. The molecule has 0 spiro atoms. The summed E-state index contributed by atoms with van der Waals surface area (Å²) in [6, 6.07) is 18.9. The molecule has 4 aliphatic carbocycles. The van der Waals surface area contributed by atoms with Crippen LogP contribution in [0.25, 0.3) is 11.1 Å². The topological polar surface area (TPSA) is 17.1 Å². The number of hydrogen-bond acceptors (Lipinski definition) is 1. The molecule has 0 bridgehead atoms. The fourth-order valence-corrected chi connectivity index (χ4v) is 9.56. The normalized spacial score (nSPS) is 39.1. The van der Waals surface area contributed by atoms with E-state index in [1.807, 2.05) is 13.8 Å². The van der Waals surface area contributed by atoms with Crippen LogP contribution in [0.15, 0.2) is 54.6 Å². The molecule has 0 heterocycles. The number of ketones is 1. The van der Waals surface area contributed by atoms with E-state index in [-0.39, 0.29) is 11.3 Å². The molecule has 8 unspecified atom stereocenters. The molecule has 0 radical (unpaired) electrons. The average Bonchev–Trinajstić information content (AvgIpc) is 3.27. The summed E-state index contributed by atoms with van der Waals surface area (Å²) in [4.78, 5) is 13.8. The predicted octanol–water partition coefficient (Wildman–Crippen LogP) is 9.86. The van der Waals surface area contributed by atoms with Gasteiger partial charge in [0.05, 0.1) is 0 Å². The third kappa shape index (κ3) is 4.19. The Morgan fingerprint density at radius 1 is 0.722 bits per heavy atom. The van der Waals surface area contributed by atoms with Crippen LogP contribution in [0.2, 0.25) is 0 Å². The number of carbonyl (C=O) groups excluding carboxylic acids is 1. The number of Topliss-reactive ketones (excluding diaryl/α,β-unsaturated/α-hetero) is 1. The Balaban J connectivity index is 0.00000130. The Bertz CT molecular complexity index is 1040. The molecule has 4 aliphatic rings. The summed E-state index contributed by atoms with van der Waals surface area (Å²) in [7, 11) is 0. The van der Waals surface area contributed by atoms with Crippen molar-refractivity contribution in [1.82, 2.24) is 0 Å². The number of carbonyl (C=O) groups is 1. The smallest absolute Gasteiger partial charge is 0.166 e. The first kappa shape index (κ1) is 25.7. The zero-order chi connectivity index (χ0) is 25.5. The van der Waals surface area contributed by atoms with Gasteiger partial charge in [0.2, 0.25) is 0 Å². The van der Waals surface area contributed by atoms with Gasteiger partial charge in [-0.1, -0.05) is 95.6 Å². The second kappa shape index (κ2) is 10.1. The van der Waals surface area contributed by atoms with Crippen molar-refractivity contribution in [2.24, 2.45) is 46.3 Å². The summed E-state index contributed by atoms with van der Waals surface area (Å²) < 4.78 is 0. The van der Waals surface area contributed by atoms with Gasteiger partial charge in [0, 0.05) is 11.5 Å². The van der Waals surface area contributed by atoms with Crippen LogP contribution in [0.1, 0.15) is 103 Å². The highest BCUT2D eigenvalue weighted by atomic mass is 16.1. The lowest BCUT2D eigenvalue weighted by Crippen LogP contribution is -2.53. The molecule has 0 aromatic heterocycles. The zero-order valence-corrected chi connectivity index (χ0v) is 23.4. The first-order valence-corrected chi connectivity index (χ1v) is 15.1. The third-order valence-electron chi connectivity index (χ3n) is 11.5. The minimum Gasteiger partial charge on any atom is -0.294 e. The second-order valence-corrected chi connectivity index (χ2v) is 13.0. The largest absolute Gasteiger partial charge is 0.294 e. The zero-order valence-electron chi connectivity index (χ0n) is 23.4. The summed E-state index contributed by atoms with van der Waals surface area (Å²) in [5.41, 5.74) is 4.09. The molecular formula is C35H48O. The van der Waals surface area contributed by atoms with E-state index in [4.69, 9.17) is 0 Å². The van der Waals surface area contributed by atoms with Gasteiger partial charge in [0.1, 0.15) is 0 Å². The Hall–Kier alpha value is -1.89. The van der Waals surface area contributed by atoms with Gasteiger partial charge >= 0.3 is 0 Å². The minimum atomic E-state index is 0.196. The van der Waals surface area contributed by atoms with Crippen LogP contribution in [0.4, 0.5) is 0 Å². The summed E-state index contributed by atoms with van der Waals surface area (Å²) >= 11 is 0. The second-order valence-electron chi connectivity index (χ2n) is 13.0. The Kier molecular flexibility index (Phi) is 7.23. The average molecular weight is 485 g/mol. The van der Waals surface area contributed by atoms with Crippen LogP contribution in [0, 0.1) is 46.3 Å². The number of benzene rings is 2. The summed E-state index contributed by atoms with van der Waals surface area (Å²) in [6.45, 7) is 11.6. The fraction of sp³-hybridized carbons (Fsp3) is 0.629. The van der Waals surface area contributed by atoms with Gasteiger partial charge in [-0.05, 0) is 103 Å². The van der Waals surface area contributed by atoms with Gasteiger partial charge < -0.3 is 0 Å².